The zero-order valence-electron chi connectivity index (χ0n) is 19.9. The molecule has 5 aromatic rings. The van der Waals surface area contributed by atoms with Crippen LogP contribution < -0.4 is 15.2 Å². The number of aromatic amines is 1. The molecule has 0 aliphatic heterocycles. The van der Waals surface area contributed by atoms with Crippen LogP contribution in [0.25, 0.3) is 16.6 Å². The SMILES string of the molecule is Cc1cc(-n2ncc(C(=O)c3cc4cc(F)c(NS(C)=O)cc4[nH]3)c2N)cnc1Oc1c(F)cccc1Cl. The minimum absolute atomic E-state index is 0.0408. The molecule has 0 radical (unpaired) electrons. The van der Waals surface area contributed by atoms with Crippen molar-refractivity contribution >= 4 is 50.8 Å². The summed E-state index contributed by atoms with van der Waals surface area (Å²) >= 11 is 6.03. The van der Waals surface area contributed by atoms with Gasteiger partial charge in [0.15, 0.2) is 11.6 Å². The van der Waals surface area contributed by atoms with Crippen LogP contribution in [0.15, 0.2) is 54.9 Å². The van der Waals surface area contributed by atoms with Crippen molar-refractivity contribution in [3.8, 4) is 17.3 Å². The average molecular weight is 557 g/mol. The normalized spacial score (nSPS) is 12.0. The van der Waals surface area contributed by atoms with Crippen LogP contribution in [0.4, 0.5) is 20.3 Å². The molecule has 4 N–H and O–H groups in total. The molecular weight excluding hydrogens is 538 g/mol. The Morgan fingerprint density at radius 3 is 2.68 bits per heavy atom. The lowest BCUT2D eigenvalue weighted by molar-refractivity contribution is 0.103. The molecule has 0 saturated carbocycles. The van der Waals surface area contributed by atoms with E-state index in [1.807, 2.05) is 0 Å². The molecule has 0 aliphatic rings. The zero-order chi connectivity index (χ0) is 27.1. The minimum atomic E-state index is -1.47. The number of ether oxygens (including phenoxy) is 1. The number of benzene rings is 2. The molecule has 194 valence electrons. The van der Waals surface area contributed by atoms with E-state index < -0.39 is 28.4 Å². The minimum Gasteiger partial charge on any atom is -0.434 e. The molecule has 38 heavy (non-hydrogen) atoms. The molecule has 0 saturated heterocycles. The standard InChI is InChI=1S/C25H19ClF2N6O3S/c1-12-6-14(10-30-25(12)37-23-16(26)4-3-5-17(23)27)34-24(29)15(11-31-34)22(35)21-8-13-7-18(28)20(33-38(2)36)9-19(13)32-21/h3-11,32-33H,29H2,1-2H3. The number of nitrogens with one attached hydrogen (secondary N) is 2. The monoisotopic (exact) mass is 556 g/mol. The van der Waals surface area contributed by atoms with E-state index in [4.69, 9.17) is 22.1 Å². The summed E-state index contributed by atoms with van der Waals surface area (Å²) in [7, 11) is -1.47. The fourth-order valence-electron chi connectivity index (χ4n) is 3.84. The molecule has 5 rings (SSSR count). The Morgan fingerprint density at radius 1 is 1.18 bits per heavy atom. The Bertz CT molecular complexity index is 1730. The van der Waals surface area contributed by atoms with Crippen molar-refractivity contribution in [3.63, 3.8) is 0 Å². The number of nitrogens with zero attached hydrogens (tertiary/aromatic N) is 3. The van der Waals surface area contributed by atoms with Crippen LogP contribution in [0, 0.1) is 18.6 Å². The summed E-state index contributed by atoms with van der Waals surface area (Å²) in [6, 6.07) is 10.0. The second-order valence-electron chi connectivity index (χ2n) is 8.31. The van der Waals surface area contributed by atoms with E-state index in [-0.39, 0.29) is 39.4 Å². The number of para-hydroxylation sites is 1. The summed E-state index contributed by atoms with van der Waals surface area (Å²) in [6.07, 6.45) is 4.10. The third-order valence-electron chi connectivity index (χ3n) is 5.64. The number of nitrogen functional groups attached to an aromatic ring is 1. The topological polar surface area (TPSA) is 128 Å². The lowest BCUT2D eigenvalue weighted by atomic mass is 10.1. The van der Waals surface area contributed by atoms with Crippen LogP contribution in [0.3, 0.4) is 0 Å². The lowest BCUT2D eigenvalue weighted by Crippen LogP contribution is -2.08. The van der Waals surface area contributed by atoms with Crippen molar-refractivity contribution in [2.45, 2.75) is 6.92 Å². The van der Waals surface area contributed by atoms with Gasteiger partial charge in [-0.2, -0.15) is 5.10 Å². The van der Waals surface area contributed by atoms with Gasteiger partial charge in [-0.3, -0.25) is 4.79 Å². The summed E-state index contributed by atoms with van der Waals surface area (Å²) in [5.74, 6) is -1.66. The number of anilines is 2. The van der Waals surface area contributed by atoms with Crippen molar-refractivity contribution in [1.82, 2.24) is 19.7 Å². The Kier molecular flexibility index (Phi) is 6.59. The summed E-state index contributed by atoms with van der Waals surface area (Å²) in [4.78, 5) is 20.4. The fourth-order valence-corrected chi connectivity index (χ4v) is 4.51. The van der Waals surface area contributed by atoms with Gasteiger partial charge in [0, 0.05) is 22.7 Å². The van der Waals surface area contributed by atoms with Gasteiger partial charge in [0.05, 0.1) is 40.0 Å². The van der Waals surface area contributed by atoms with Crippen LogP contribution in [0.5, 0.6) is 11.6 Å². The number of rotatable bonds is 7. The van der Waals surface area contributed by atoms with E-state index >= 15 is 0 Å². The van der Waals surface area contributed by atoms with Crippen LogP contribution in [0.1, 0.15) is 21.6 Å². The Balaban J connectivity index is 1.43. The number of aromatic nitrogens is 4. The molecule has 1 atom stereocenters. The number of ketones is 1. The average Bonchev–Trinajstić information content (AvgIpc) is 3.45. The predicted octanol–water partition coefficient (Wildman–Crippen LogP) is 5.30. The van der Waals surface area contributed by atoms with E-state index in [0.29, 0.717) is 22.2 Å². The van der Waals surface area contributed by atoms with E-state index in [1.54, 1.807) is 13.0 Å². The van der Waals surface area contributed by atoms with Gasteiger partial charge in [-0.1, -0.05) is 17.7 Å². The molecule has 13 heteroatoms. The van der Waals surface area contributed by atoms with Gasteiger partial charge in [-0.25, -0.2) is 22.7 Å². The van der Waals surface area contributed by atoms with Gasteiger partial charge < -0.3 is 20.2 Å². The first-order valence-corrected chi connectivity index (χ1v) is 13.0. The number of aryl methyl sites for hydroxylation is 1. The molecule has 1 unspecified atom stereocenters. The molecule has 0 aliphatic carbocycles. The number of pyridine rings is 1. The Morgan fingerprint density at radius 2 is 1.97 bits per heavy atom. The molecule has 0 bridgehead atoms. The third-order valence-corrected chi connectivity index (χ3v) is 6.44. The number of hydrogen-bond acceptors (Lipinski definition) is 6. The Hall–Kier alpha value is -4.29. The van der Waals surface area contributed by atoms with Gasteiger partial charge in [0.1, 0.15) is 22.6 Å². The molecule has 3 heterocycles. The summed E-state index contributed by atoms with van der Waals surface area (Å²) in [6.45, 7) is 1.70. The van der Waals surface area contributed by atoms with Crippen molar-refractivity contribution in [3.05, 3.63) is 88.3 Å². The first-order valence-electron chi connectivity index (χ1n) is 11.0. The highest BCUT2D eigenvalue weighted by molar-refractivity contribution is 7.85. The molecule has 0 fully saturated rings. The van der Waals surface area contributed by atoms with E-state index in [1.165, 1.54) is 59.7 Å². The number of halogens is 3. The van der Waals surface area contributed by atoms with Crippen molar-refractivity contribution in [1.29, 1.82) is 0 Å². The smallest absolute Gasteiger partial charge is 0.222 e. The molecule has 0 spiro atoms. The third kappa shape index (κ3) is 4.71. The highest BCUT2D eigenvalue weighted by Crippen LogP contribution is 2.33. The van der Waals surface area contributed by atoms with Gasteiger partial charge >= 0.3 is 0 Å². The first-order chi connectivity index (χ1) is 18.1. The molecule has 9 nitrogen and oxygen atoms in total. The fraction of sp³-hybridized carbons (Fsp3) is 0.0800. The van der Waals surface area contributed by atoms with Crippen molar-refractivity contribution in [2.24, 2.45) is 0 Å². The quantitative estimate of drug-likeness (QED) is 0.233. The zero-order valence-corrected chi connectivity index (χ0v) is 21.5. The maximum absolute atomic E-state index is 14.3. The van der Waals surface area contributed by atoms with E-state index in [2.05, 4.69) is 19.8 Å². The van der Waals surface area contributed by atoms with Crippen LogP contribution in [0.2, 0.25) is 5.02 Å². The number of fused-ring (bicyclic) bond motifs is 1. The number of H-pyrrole nitrogens is 1. The lowest BCUT2D eigenvalue weighted by Gasteiger charge is -2.11. The van der Waals surface area contributed by atoms with E-state index in [9.17, 15) is 17.8 Å². The largest absolute Gasteiger partial charge is 0.434 e. The molecular formula is C25H19ClF2N6O3S. The second kappa shape index (κ2) is 9.88. The van der Waals surface area contributed by atoms with Gasteiger partial charge in [-0.15, -0.1) is 0 Å². The first kappa shape index (κ1) is 25.4. The number of nitrogens with two attached hydrogens (primary N) is 1. The van der Waals surface area contributed by atoms with Gasteiger partial charge in [-0.05, 0) is 43.3 Å². The molecule has 0 amide bonds. The van der Waals surface area contributed by atoms with Crippen LogP contribution in [-0.4, -0.2) is 36.0 Å². The molecule has 2 aromatic carbocycles. The van der Waals surface area contributed by atoms with Gasteiger partial charge in [0.2, 0.25) is 11.7 Å². The maximum Gasteiger partial charge on any atom is 0.222 e. The number of hydrogen-bond donors (Lipinski definition) is 3. The predicted molar refractivity (Wildman–Crippen MR) is 141 cm³/mol. The van der Waals surface area contributed by atoms with Crippen molar-refractivity contribution < 1.29 is 22.5 Å². The van der Waals surface area contributed by atoms with Gasteiger partial charge in [0.25, 0.3) is 0 Å². The number of carbonyl (C=O) groups is 1. The second-order valence-corrected chi connectivity index (χ2v) is 9.83. The highest BCUT2D eigenvalue weighted by atomic mass is 35.5. The molecule has 3 aromatic heterocycles. The number of carbonyl (C=O) groups excluding carboxylic acids is 1. The maximum atomic E-state index is 14.3. The highest BCUT2D eigenvalue weighted by Gasteiger charge is 2.21. The summed E-state index contributed by atoms with van der Waals surface area (Å²) in [5, 5.41) is 4.77. The van der Waals surface area contributed by atoms with E-state index in [0.717, 1.165) is 0 Å². The summed E-state index contributed by atoms with van der Waals surface area (Å²) < 4.78 is 49.3. The summed E-state index contributed by atoms with van der Waals surface area (Å²) in [5.41, 5.74) is 8.03. The van der Waals surface area contributed by atoms with Crippen molar-refractivity contribution in [2.75, 3.05) is 16.7 Å². The van der Waals surface area contributed by atoms with Crippen LogP contribution in [-0.2, 0) is 11.0 Å². The Labute approximate surface area is 222 Å². The van der Waals surface area contributed by atoms with Crippen LogP contribution >= 0.6 is 11.6 Å².